The first-order chi connectivity index (χ1) is 9.29. The van der Waals surface area contributed by atoms with Gasteiger partial charge in [-0.1, -0.05) is 30.7 Å². The quantitative estimate of drug-likeness (QED) is 0.685. The second-order valence-electron chi connectivity index (χ2n) is 4.83. The smallest absolute Gasteiger partial charge is 0.0406 e. The van der Waals surface area contributed by atoms with Crippen LogP contribution in [0.25, 0.3) is 0 Å². The molecule has 1 heterocycles. The molecule has 0 N–H and O–H groups in total. The first kappa shape index (κ1) is 14.1. The van der Waals surface area contributed by atoms with E-state index >= 15 is 0 Å². The van der Waals surface area contributed by atoms with Gasteiger partial charge < -0.3 is 0 Å². The number of pyridine rings is 1. The van der Waals surface area contributed by atoms with Crippen LogP contribution in [-0.2, 0) is 19.3 Å². The molecule has 0 radical (unpaired) electrons. The standard InChI is InChI=1S/C17H20ClN/c1-2-15-13-19-12-11-16(15)6-4-3-5-14-7-9-17(18)10-8-14/h7-13H,2-6H2,1H3. The molecule has 2 aromatic rings. The summed E-state index contributed by atoms with van der Waals surface area (Å²) in [5, 5.41) is 0.813. The number of rotatable bonds is 6. The lowest BCUT2D eigenvalue weighted by Crippen LogP contribution is -1.95. The van der Waals surface area contributed by atoms with Gasteiger partial charge in [-0.3, -0.25) is 4.98 Å². The van der Waals surface area contributed by atoms with Crippen LogP contribution < -0.4 is 0 Å². The van der Waals surface area contributed by atoms with Crippen molar-refractivity contribution in [3.05, 3.63) is 64.4 Å². The van der Waals surface area contributed by atoms with Crippen LogP contribution in [0.1, 0.15) is 36.5 Å². The van der Waals surface area contributed by atoms with Crippen LogP contribution in [0.3, 0.4) is 0 Å². The molecule has 0 bridgehead atoms. The zero-order valence-electron chi connectivity index (χ0n) is 11.4. The van der Waals surface area contributed by atoms with Gasteiger partial charge in [-0.05, 0) is 67.0 Å². The molecule has 0 amide bonds. The Morgan fingerprint density at radius 3 is 2.42 bits per heavy atom. The molecule has 0 aliphatic heterocycles. The van der Waals surface area contributed by atoms with Crippen LogP contribution in [0.5, 0.6) is 0 Å². The van der Waals surface area contributed by atoms with Gasteiger partial charge in [0.15, 0.2) is 0 Å². The summed E-state index contributed by atoms with van der Waals surface area (Å²) in [7, 11) is 0. The van der Waals surface area contributed by atoms with Gasteiger partial charge in [0.05, 0.1) is 0 Å². The van der Waals surface area contributed by atoms with E-state index in [2.05, 4.69) is 30.1 Å². The van der Waals surface area contributed by atoms with E-state index < -0.39 is 0 Å². The summed E-state index contributed by atoms with van der Waals surface area (Å²) in [6.45, 7) is 2.19. The van der Waals surface area contributed by atoms with Crippen molar-refractivity contribution in [3.63, 3.8) is 0 Å². The van der Waals surface area contributed by atoms with Crippen LogP contribution in [0, 0.1) is 0 Å². The Bertz CT molecular complexity index is 505. The number of benzene rings is 1. The van der Waals surface area contributed by atoms with Crippen molar-refractivity contribution in [2.24, 2.45) is 0 Å². The Labute approximate surface area is 120 Å². The Hall–Kier alpha value is -1.34. The van der Waals surface area contributed by atoms with E-state index in [0.717, 1.165) is 24.3 Å². The van der Waals surface area contributed by atoms with E-state index in [9.17, 15) is 0 Å². The van der Waals surface area contributed by atoms with Crippen molar-refractivity contribution in [3.8, 4) is 0 Å². The minimum absolute atomic E-state index is 0.813. The van der Waals surface area contributed by atoms with Crippen LogP contribution in [0.4, 0.5) is 0 Å². The lowest BCUT2D eigenvalue weighted by Gasteiger charge is -2.07. The monoisotopic (exact) mass is 273 g/mol. The third kappa shape index (κ3) is 4.36. The van der Waals surface area contributed by atoms with Crippen LogP contribution in [0.2, 0.25) is 5.02 Å². The fraction of sp³-hybridized carbons (Fsp3) is 0.353. The highest BCUT2D eigenvalue weighted by Gasteiger charge is 2.00. The first-order valence-electron chi connectivity index (χ1n) is 6.96. The van der Waals surface area contributed by atoms with Gasteiger partial charge in [-0.25, -0.2) is 0 Å². The summed E-state index contributed by atoms with van der Waals surface area (Å²) in [5.74, 6) is 0. The summed E-state index contributed by atoms with van der Waals surface area (Å²) in [5.41, 5.74) is 4.21. The average Bonchev–Trinajstić information content (AvgIpc) is 2.46. The highest BCUT2D eigenvalue weighted by atomic mass is 35.5. The molecule has 2 heteroatoms. The van der Waals surface area contributed by atoms with Crippen molar-refractivity contribution in [1.29, 1.82) is 0 Å². The molecule has 0 aliphatic rings. The van der Waals surface area contributed by atoms with E-state index in [1.165, 1.54) is 29.5 Å². The number of hydrogen-bond acceptors (Lipinski definition) is 1. The van der Waals surface area contributed by atoms with E-state index in [-0.39, 0.29) is 0 Å². The minimum atomic E-state index is 0.813. The largest absolute Gasteiger partial charge is 0.264 e. The zero-order valence-corrected chi connectivity index (χ0v) is 12.2. The second kappa shape index (κ2) is 7.30. The van der Waals surface area contributed by atoms with Crippen molar-refractivity contribution < 1.29 is 0 Å². The maximum absolute atomic E-state index is 5.88. The molecule has 0 spiro atoms. The normalized spacial score (nSPS) is 10.6. The molecule has 0 unspecified atom stereocenters. The fourth-order valence-electron chi connectivity index (χ4n) is 2.31. The third-order valence-corrected chi connectivity index (χ3v) is 3.71. The predicted octanol–water partition coefficient (Wildman–Crippen LogP) is 4.86. The molecular weight excluding hydrogens is 254 g/mol. The number of aryl methyl sites for hydroxylation is 3. The van der Waals surface area contributed by atoms with Crippen LogP contribution >= 0.6 is 11.6 Å². The SMILES string of the molecule is CCc1cnccc1CCCCc1ccc(Cl)cc1. The third-order valence-electron chi connectivity index (χ3n) is 3.46. The van der Waals surface area contributed by atoms with E-state index in [1.807, 2.05) is 24.5 Å². The second-order valence-corrected chi connectivity index (χ2v) is 5.27. The van der Waals surface area contributed by atoms with Gasteiger partial charge >= 0.3 is 0 Å². The molecule has 100 valence electrons. The van der Waals surface area contributed by atoms with Gasteiger partial charge in [0.25, 0.3) is 0 Å². The Morgan fingerprint density at radius 1 is 0.947 bits per heavy atom. The lowest BCUT2D eigenvalue weighted by atomic mass is 10.0. The average molecular weight is 274 g/mol. The predicted molar refractivity (Wildman–Crippen MR) is 81.7 cm³/mol. The number of unbranched alkanes of at least 4 members (excludes halogenated alkanes) is 1. The molecular formula is C17H20ClN. The Kier molecular flexibility index (Phi) is 5.41. The Morgan fingerprint density at radius 2 is 1.68 bits per heavy atom. The van der Waals surface area contributed by atoms with E-state index in [0.29, 0.717) is 0 Å². The van der Waals surface area contributed by atoms with Crippen molar-refractivity contribution >= 4 is 11.6 Å². The molecule has 1 nitrogen and oxygen atoms in total. The van der Waals surface area contributed by atoms with E-state index in [4.69, 9.17) is 11.6 Å². The maximum atomic E-state index is 5.88. The number of hydrogen-bond donors (Lipinski definition) is 0. The summed E-state index contributed by atoms with van der Waals surface area (Å²) in [6, 6.07) is 10.3. The Balaban J connectivity index is 1.79. The van der Waals surface area contributed by atoms with Crippen LogP contribution in [0.15, 0.2) is 42.7 Å². The molecule has 1 aromatic heterocycles. The van der Waals surface area contributed by atoms with Crippen molar-refractivity contribution in [2.45, 2.75) is 39.0 Å². The molecule has 0 saturated heterocycles. The highest BCUT2D eigenvalue weighted by molar-refractivity contribution is 6.30. The molecule has 2 rings (SSSR count). The molecule has 19 heavy (non-hydrogen) atoms. The molecule has 0 saturated carbocycles. The number of aromatic nitrogens is 1. The van der Waals surface area contributed by atoms with Gasteiger partial charge in [0.2, 0.25) is 0 Å². The summed E-state index contributed by atoms with van der Waals surface area (Å²) >= 11 is 5.88. The van der Waals surface area contributed by atoms with E-state index in [1.54, 1.807) is 0 Å². The van der Waals surface area contributed by atoms with Crippen molar-refractivity contribution in [2.75, 3.05) is 0 Å². The molecule has 0 fully saturated rings. The molecule has 0 atom stereocenters. The maximum Gasteiger partial charge on any atom is 0.0406 e. The van der Waals surface area contributed by atoms with Crippen molar-refractivity contribution in [1.82, 2.24) is 4.98 Å². The first-order valence-corrected chi connectivity index (χ1v) is 7.33. The summed E-state index contributed by atoms with van der Waals surface area (Å²) < 4.78 is 0. The topological polar surface area (TPSA) is 12.9 Å². The summed E-state index contributed by atoms with van der Waals surface area (Å²) in [4.78, 5) is 4.19. The lowest BCUT2D eigenvalue weighted by molar-refractivity contribution is 0.729. The molecule has 0 aliphatic carbocycles. The molecule has 1 aromatic carbocycles. The van der Waals surface area contributed by atoms with Gasteiger partial charge in [-0.15, -0.1) is 0 Å². The number of halogens is 1. The minimum Gasteiger partial charge on any atom is -0.264 e. The highest BCUT2D eigenvalue weighted by Crippen LogP contribution is 2.14. The van der Waals surface area contributed by atoms with Gasteiger partial charge in [0, 0.05) is 17.4 Å². The van der Waals surface area contributed by atoms with Gasteiger partial charge in [-0.2, -0.15) is 0 Å². The number of nitrogens with zero attached hydrogens (tertiary/aromatic N) is 1. The van der Waals surface area contributed by atoms with Gasteiger partial charge in [0.1, 0.15) is 0 Å². The summed E-state index contributed by atoms with van der Waals surface area (Å²) in [6.07, 6.45) is 9.68. The zero-order chi connectivity index (χ0) is 13.5. The fourth-order valence-corrected chi connectivity index (χ4v) is 2.44. The van der Waals surface area contributed by atoms with Crippen LogP contribution in [-0.4, -0.2) is 4.98 Å².